The van der Waals surface area contributed by atoms with Gasteiger partial charge in [-0.25, -0.2) is 9.97 Å². The van der Waals surface area contributed by atoms with Crippen LogP contribution in [0.5, 0.6) is 5.88 Å². The molecular weight excluding hydrogens is 321 g/mol. The van der Waals surface area contributed by atoms with Gasteiger partial charge in [0.25, 0.3) is 5.88 Å². The number of hydrogen-bond acceptors (Lipinski definition) is 6. The fourth-order valence-electron chi connectivity index (χ4n) is 2.95. The zero-order valence-electron chi connectivity index (χ0n) is 14.4. The summed E-state index contributed by atoms with van der Waals surface area (Å²) < 4.78 is 19.6. The van der Waals surface area contributed by atoms with E-state index in [2.05, 4.69) is 25.9 Å². The Labute approximate surface area is 146 Å². The van der Waals surface area contributed by atoms with Gasteiger partial charge in [0.2, 0.25) is 5.82 Å². The Morgan fingerprint density at radius 2 is 2.00 bits per heavy atom. The Balaban J connectivity index is 1.55. The maximum Gasteiger partial charge on any atom is 0.254 e. The normalized spacial score (nSPS) is 15.0. The number of nitrogens with zero attached hydrogens (tertiary/aromatic N) is 5. The van der Waals surface area contributed by atoms with Gasteiger partial charge in [-0.15, -0.1) is 0 Å². The molecule has 0 unspecified atom stereocenters. The van der Waals surface area contributed by atoms with Gasteiger partial charge in [0.05, 0.1) is 12.3 Å². The van der Waals surface area contributed by atoms with Gasteiger partial charge in [-0.05, 0) is 44.7 Å². The van der Waals surface area contributed by atoms with E-state index in [1.807, 2.05) is 12.1 Å². The van der Waals surface area contributed by atoms with Gasteiger partial charge in [0.15, 0.2) is 0 Å². The van der Waals surface area contributed by atoms with Crippen LogP contribution in [0, 0.1) is 36.9 Å². The highest BCUT2D eigenvalue weighted by atomic mass is 19.1. The van der Waals surface area contributed by atoms with Crippen molar-refractivity contribution in [2.24, 2.45) is 5.92 Å². The zero-order chi connectivity index (χ0) is 17.8. The number of aromatic nitrogens is 3. The maximum absolute atomic E-state index is 14.0. The summed E-state index contributed by atoms with van der Waals surface area (Å²) in [5.41, 5.74) is 0.730. The van der Waals surface area contributed by atoms with Gasteiger partial charge in [-0.2, -0.15) is 14.6 Å². The smallest absolute Gasteiger partial charge is 0.254 e. The number of anilines is 1. The van der Waals surface area contributed by atoms with Crippen LogP contribution in [0.1, 0.15) is 30.1 Å². The molecule has 0 saturated carbocycles. The van der Waals surface area contributed by atoms with E-state index >= 15 is 0 Å². The minimum atomic E-state index is -0.486. The first kappa shape index (κ1) is 17.1. The van der Waals surface area contributed by atoms with Crippen LogP contribution < -0.4 is 9.64 Å². The van der Waals surface area contributed by atoms with Crippen LogP contribution in [0.3, 0.4) is 0 Å². The number of nitriles is 1. The third-order valence-corrected chi connectivity index (χ3v) is 4.34. The fourth-order valence-corrected chi connectivity index (χ4v) is 2.95. The number of pyridine rings is 1. The quantitative estimate of drug-likeness (QED) is 0.851. The van der Waals surface area contributed by atoms with E-state index in [9.17, 15) is 4.39 Å². The third kappa shape index (κ3) is 4.02. The molecule has 0 spiro atoms. The highest BCUT2D eigenvalue weighted by molar-refractivity contribution is 5.41. The molecular formula is C18H20FN5O. The second-order valence-electron chi connectivity index (χ2n) is 6.21. The number of rotatable bonds is 4. The summed E-state index contributed by atoms with van der Waals surface area (Å²) in [7, 11) is 0. The molecule has 0 N–H and O–H groups in total. The van der Waals surface area contributed by atoms with Crippen LogP contribution in [-0.4, -0.2) is 34.6 Å². The van der Waals surface area contributed by atoms with E-state index in [1.54, 1.807) is 19.9 Å². The lowest BCUT2D eigenvalue weighted by Crippen LogP contribution is -2.36. The summed E-state index contributed by atoms with van der Waals surface area (Å²) in [6.07, 6.45) is 1.84. The monoisotopic (exact) mass is 341 g/mol. The first-order chi connectivity index (χ1) is 12.1. The van der Waals surface area contributed by atoms with Crippen molar-refractivity contribution < 1.29 is 9.13 Å². The number of ether oxygens (including phenoxy) is 1. The Morgan fingerprint density at radius 1 is 1.24 bits per heavy atom. The minimum Gasteiger partial charge on any atom is -0.475 e. The van der Waals surface area contributed by atoms with Crippen molar-refractivity contribution in [2.45, 2.75) is 26.7 Å². The summed E-state index contributed by atoms with van der Waals surface area (Å²) in [6, 6.07) is 7.52. The summed E-state index contributed by atoms with van der Waals surface area (Å²) in [4.78, 5) is 14.5. The summed E-state index contributed by atoms with van der Waals surface area (Å²) in [5, 5.41) is 8.95. The Morgan fingerprint density at radius 3 is 2.72 bits per heavy atom. The van der Waals surface area contributed by atoms with Crippen molar-refractivity contribution in [2.75, 3.05) is 24.6 Å². The van der Waals surface area contributed by atoms with Crippen molar-refractivity contribution in [3.63, 3.8) is 0 Å². The lowest BCUT2D eigenvalue weighted by molar-refractivity contribution is 0.206. The lowest BCUT2D eigenvalue weighted by Gasteiger charge is -2.32. The minimum absolute atomic E-state index is 0.0378. The fraction of sp³-hybridized carbons (Fsp3) is 0.444. The topological polar surface area (TPSA) is 74.9 Å². The van der Waals surface area contributed by atoms with E-state index in [1.165, 1.54) is 0 Å². The van der Waals surface area contributed by atoms with Crippen LogP contribution in [-0.2, 0) is 0 Å². The van der Waals surface area contributed by atoms with Crippen molar-refractivity contribution >= 4 is 5.82 Å². The average molecular weight is 341 g/mol. The van der Waals surface area contributed by atoms with Crippen LogP contribution in [0.4, 0.5) is 10.2 Å². The molecule has 0 amide bonds. The second-order valence-corrected chi connectivity index (χ2v) is 6.21. The molecule has 0 aliphatic carbocycles. The molecule has 7 heteroatoms. The third-order valence-electron chi connectivity index (χ3n) is 4.34. The number of halogens is 1. The van der Waals surface area contributed by atoms with Crippen molar-refractivity contribution in [3.05, 3.63) is 41.2 Å². The number of aryl methyl sites for hydroxylation is 2. The molecule has 1 fully saturated rings. The average Bonchev–Trinajstić information content (AvgIpc) is 2.64. The molecule has 1 aliphatic rings. The van der Waals surface area contributed by atoms with Gasteiger partial charge < -0.3 is 9.64 Å². The van der Waals surface area contributed by atoms with E-state index in [0.29, 0.717) is 29.7 Å². The van der Waals surface area contributed by atoms with Crippen LogP contribution in [0.2, 0.25) is 0 Å². The maximum atomic E-state index is 14.0. The molecule has 0 atom stereocenters. The number of piperidine rings is 1. The second kappa shape index (κ2) is 7.43. The molecule has 3 rings (SSSR count). The van der Waals surface area contributed by atoms with Gasteiger partial charge in [0, 0.05) is 13.1 Å². The van der Waals surface area contributed by atoms with Crippen LogP contribution in [0.25, 0.3) is 0 Å². The standard InChI is InChI=1S/C18H20FN5O/c1-12-17(19)18(22-13(2)21-12)25-11-14-6-8-24(9-7-14)16-5-3-4-15(10-20)23-16/h3-5,14H,6-9,11H2,1-2H3. The van der Waals surface area contributed by atoms with Crippen molar-refractivity contribution in [1.29, 1.82) is 5.26 Å². The van der Waals surface area contributed by atoms with Crippen molar-refractivity contribution in [1.82, 2.24) is 15.0 Å². The Kier molecular flexibility index (Phi) is 5.08. The highest BCUT2D eigenvalue weighted by Crippen LogP contribution is 2.24. The molecule has 3 heterocycles. The lowest BCUT2D eigenvalue weighted by atomic mass is 9.98. The molecule has 1 saturated heterocycles. The van der Waals surface area contributed by atoms with Gasteiger partial charge in [0.1, 0.15) is 23.4 Å². The first-order valence-corrected chi connectivity index (χ1v) is 8.32. The molecule has 0 bridgehead atoms. The summed E-state index contributed by atoms with van der Waals surface area (Å²) in [5.74, 6) is 1.22. The zero-order valence-corrected chi connectivity index (χ0v) is 14.4. The van der Waals surface area contributed by atoms with E-state index < -0.39 is 5.82 Å². The molecule has 2 aromatic heterocycles. The van der Waals surface area contributed by atoms with Gasteiger partial charge >= 0.3 is 0 Å². The first-order valence-electron chi connectivity index (χ1n) is 8.32. The SMILES string of the molecule is Cc1nc(C)c(F)c(OCC2CCN(c3cccc(C#N)n3)CC2)n1. The Bertz CT molecular complexity index is 797. The van der Waals surface area contributed by atoms with E-state index in [0.717, 1.165) is 31.7 Å². The molecule has 6 nitrogen and oxygen atoms in total. The largest absolute Gasteiger partial charge is 0.475 e. The Hall–Kier alpha value is -2.75. The summed E-state index contributed by atoms with van der Waals surface area (Å²) >= 11 is 0. The highest BCUT2D eigenvalue weighted by Gasteiger charge is 2.22. The van der Waals surface area contributed by atoms with Crippen LogP contribution >= 0.6 is 0 Å². The van der Waals surface area contributed by atoms with Crippen molar-refractivity contribution in [3.8, 4) is 11.9 Å². The van der Waals surface area contributed by atoms with E-state index in [4.69, 9.17) is 10.00 Å². The predicted octanol–water partition coefficient (Wildman–Crippen LogP) is 2.79. The van der Waals surface area contributed by atoms with E-state index in [-0.39, 0.29) is 5.88 Å². The molecule has 2 aromatic rings. The predicted molar refractivity (Wildman–Crippen MR) is 90.8 cm³/mol. The molecule has 25 heavy (non-hydrogen) atoms. The number of hydrogen-bond donors (Lipinski definition) is 0. The summed E-state index contributed by atoms with van der Waals surface area (Å²) in [6.45, 7) is 5.44. The molecule has 0 aromatic carbocycles. The van der Waals surface area contributed by atoms with Gasteiger partial charge in [-0.1, -0.05) is 6.07 Å². The van der Waals surface area contributed by atoms with Gasteiger partial charge in [-0.3, -0.25) is 0 Å². The van der Waals surface area contributed by atoms with Crippen LogP contribution in [0.15, 0.2) is 18.2 Å². The molecule has 0 radical (unpaired) electrons. The molecule has 1 aliphatic heterocycles. The molecule has 130 valence electrons.